The lowest BCUT2D eigenvalue weighted by molar-refractivity contribution is 0.0973. The topological polar surface area (TPSA) is 49.5 Å². The summed E-state index contributed by atoms with van der Waals surface area (Å²) in [5.74, 6) is 0.604. The van der Waals surface area contributed by atoms with Gasteiger partial charge in [0.1, 0.15) is 0 Å². The first-order valence-corrected chi connectivity index (χ1v) is 6.65. The molecule has 1 aromatic rings. The van der Waals surface area contributed by atoms with Crippen molar-refractivity contribution in [1.82, 2.24) is 4.90 Å². The largest absolute Gasteiger partial charge is 0.390 e. The minimum Gasteiger partial charge on any atom is -0.390 e. The van der Waals surface area contributed by atoms with Gasteiger partial charge in [0.15, 0.2) is 0 Å². The smallest absolute Gasteiger partial charge is 0.0820 e. The minimum atomic E-state index is -0.478. The molecule has 3 heteroatoms. The van der Waals surface area contributed by atoms with Crippen LogP contribution in [-0.2, 0) is 6.42 Å². The molecule has 18 heavy (non-hydrogen) atoms. The summed E-state index contributed by atoms with van der Waals surface area (Å²) in [5.41, 5.74) is 7.23. The van der Waals surface area contributed by atoms with Crippen molar-refractivity contribution >= 4 is 0 Å². The molecule has 0 radical (unpaired) electrons. The van der Waals surface area contributed by atoms with Crippen LogP contribution < -0.4 is 5.73 Å². The van der Waals surface area contributed by atoms with Crippen molar-refractivity contribution in [2.75, 3.05) is 20.1 Å². The molecule has 0 aliphatic rings. The van der Waals surface area contributed by atoms with E-state index in [9.17, 15) is 5.11 Å². The standard InChI is InChI=1S/C15H26N2O/c1-12(2)10-17(3)11-15(18)14(16)9-13-7-5-4-6-8-13/h4-8,12,14-15,18H,9-11,16H2,1-3H3/t14-,15+/m0/s1. The van der Waals surface area contributed by atoms with Gasteiger partial charge in [-0.25, -0.2) is 0 Å². The van der Waals surface area contributed by atoms with E-state index in [0.29, 0.717) is 12.5 Å². The lowest BCUT2D eigenvalue weighted by Crippen LogP contribution is -2.44. The molecule has 3 nitrogen and oxygen atoms in total. The number of aliphatic hydroxyl groups is 1. The average Bonchev–Trinajstić information content (AvgIpc) is 2.28. The number of benzene rings is 1. The summed E-state index contributed by atoms with van der Waals surface area (Å²) >= 11 is 0. The molecule has 2 atom stereocenters. The molecular formula is C15H26N2O. The van der Waals surface area contributed by atoms with E-state index in [4.69, 9.17) is 5.73 Å². The average molecular weight is 250 g/mol. The normalized spacial score (nSPS) is 15.1. The summed E-state index contributed by atoms with van der Waals surface area (Å²) in [6.45, 7) is 5.96. The number of likely N-dealkylation sites (N-methyl/N-ethyl adjacent to an activating group) is 1. The first-order chi connectivity index (χ1) is 8.49. The van der Waals surface area contributed by atoms with E-state index < -0.39 is 6.10 Å². The second-order valence-corrected chi connectivity index (χ2v) is 5.54. The number of hydrogen-bond acceptors (Lipinski definition) is 3. The maximum atomic E-state index is 10.1. The Bertz CT molecular complexity index is 327. The number of hydrogen-bond donors (Lipinski definition) is 2. The summed E-state index contributed by atoms with van der Waals surface area (Å²) in [4.78, 5) is 2.14. The maximum absolute atomic E-state index is 10.1. The van der Waals surface area contributed by atoms with E-state index in [-0.39, 0.29) is 6.04 Å². The second-order valence-electron chi connectivity index (χ2n) is 5.54. The highest BCUT2D eigenvalue weighted by atomic mass is 16.3. The Hall–Kier alpha value is -0.900. The zero-order chi connectivity index (χ0) is 13.5. The van der Waals surface area contributed by atoms with E-state index in [1.54, 1.807) is 0 Å². The summed E-state index contributed by atoms with van der Waals surface area (Å²) in [6, 6.07) is 9.87. The van der Waals surface area contributed by atoms with Crippen molar-refractivity contribution < 1.29 is 5.11 Å². The highest BCUT2D eigenvalue weighted by molar-refractivity contribution is 5.16. The van der Waals surface area contributed by atoms with Crippen molar-refractivity contribution in [1.29, 1.82) is 0 Å². The number of aliphatic hydroxyl groups excluding tert-OH is 1. The van der Waals surface area contributed by atoms with Crippen LogP contribution in [0.3, 0.4) is 0 Å². The molecule has 1 rings (SSSR count). The van der Waals surface area contributed by atoms with Crippen LogP contribution >= 0.6 is 0 Å². The molecule has 0 unspecified atom stereocenters. The molecule has 0 saturated heterocycles. The Morgan fingerprint density at radius 3 is 2.33 bits per heavy atom. The monoisotopic (exact) mass is 250 g/mol. The Morgan fingerprint density at radius 1 is 1.17 bits per heavy atom. The molecule has 0 amide bonds. The van der Waals surface area contributed by atoms with Crippen LogP contribution in [-0.4, -0.2) is 42.3 Å². The predicted octanol–water partition coefficient (Wildman–Crippen LogP) is 1.51. The highest BCUT2D eigenvalue weighted by Gasteiger charge is 2.17. The van der Waals surface area contributed by atoms with Gasteiger partial charge in [-0.1, -0.05) is 44.2 Å². The third-order valence-corrected chi connectivity index (χ3v) is 2.98. The summed E-state index contributed by atoms with van der Waals surface area (Å²) in [5, 5.41) is 10.1. The SMILES string of the molecule is CC(C)CN(C)C[C@@H](O)[C@@H](N)Cc1ccccc1. The number of rotatable bonds is 7. The molecule has 0 bridgehead atoms. The molecule has 3 N–H and O–H groups in total. The zero-order valence-corrected chi connectivity index (χ0v) is 11.7. The van der Waals surface area contributed by atoms with Crippen molar-refractivity contribution in [3.05, 3.63) is 35.9 Å². The van der Waals surface area contributed by atoms with Crippen molar-refractivity contribution in [3.63, 3.8) is 0 Å². The van der Waals surface area contributed by atoms with Crippen LogP contribution in [0, 0.1) is 5.92 Å². The molecule has 0 aliphatic heterocycles. The van der Waals surface area contributed by atoms with E-state index >= 15 is 0 Å². The molecule has 0 fully saturated rings. The fourth-order valence-electron chi connectivity index (χ4n) is 2.17. The fraction of sp³-hybridized carbons (Fsp3) is 0.600. The lowest BCUT2D eigenvalue weighted by atomic mass is 10.0. The van der Waals surface area contributed by atoms with Crippen LogP contribution in [0.1, 0.15) is 19.4 Å². The van der Waals surface area contributed by atoms with Gasteiger partial charge in [-0.15, -0.1) is 0 Å². The second kappa shape index (κ2) is 7.52. The van der Waals surface area contributed by atoms with E-state index in [0.717, 1.165) is 13.0 Å². The number of nitrogens with two attached hydrogens (primary N) is 1. The van der Waals surface area contributed by atoms with Gasteiger partial charge in [-0.2, -0.15) is 0 Å². The summed E-state index contributed by atoms with van der Waals surface area (Å²) in [6.07, 6.45) is 0.242. The van der Waals surface area contributed by atoms with E-state index in [1.165, 1.54) is 5.56 Å². The van der Waals surface area contributed by atoms with Crippen molar-refractivity contribution in [2.45, 2.75) is 32.4 Å². The van der Waals surface area contributed by atoms with Gasteiger partial charge in [0.2, 0.25) is 0 Å². The van der Waals surface area contributed by atoms with Gasteiger partial charge in [-0.3, -0.25) is 0 Å². The molecule has 0 aliphatic carbocycles. The molecule has 0 spiro atoms. The van der Waals surface area contributed by atoms with Gasteiger partial charge >= 0.3 is 0 Å². The zero-order valence-electron chi connectivity index (χ0n) is 11.7. The Morgan fingerprint density at radius 2 is 1.78 bits per heavy atom. The van der Waals surface area contributed by atoms with E-state index in [2.05, 4.69) is 18.7 Å². The first-order valence-electron chi connectivity index (χ1n) is 6.65. The molecule has 0 saturated carbocycles. The van der Waals surface area contributed by atoms with Crippen molar-refractivity contribution in [2.24, 2.45) is 11.7 Å². The van der Waals surface area contributed by atoms with Crippen LogP contribution in [0.15, 0.2) is 30.3 Å². The third kappa shape index (κ3) is 5.63. The summed E-state index contributed by atoms with van der Waals surface area (Å²) < 4.78 is 0. The van der Waals surface area contributed by atoms with Gasteiger partial charge < -0.3 is 15.7 Å². The van der Waals surface area contributed by atoms with E-state index in [1.807, 2.05) is 37.4 Å². The molecule has 102 valence electrons. The lowest BCUT2D eigenvalue weighted by Gasteiger charge is -2.25. The first kappa shape index (κ1) is 15.2. The Labute approximate surface area is 111 Å². The van der Waals surface area contributed by atoms with Gasteiger partial charge in [0.05, 0.1) is 6.10 Å². The molecule has 0 aromatic heterocycles. The van der Waals surface area contributed by atoms with Crippen LogP contribution in [0.25, 0.3) is 0 Å². The maximum Gasteiger partial charge on any atom is 0.0820 e. The van der Waals surface area contributed by atoms with Crippen molar-refractivity contribution in [3.8, 4) is 0 Å². The van der Waals surface area contributed by atoms with Crippen LogP contribution in [0.2, 0.25) is 0 Å². The Balaban J connectivity index is 2.39. The van der Waals surface area contributed by atoms with Gasteiger partial charge in [0.25, 0.3) is 0 Å². The minimum absolute atomic E-state index is 0.206. The third-order valence-electron chi connectivity index (χ3n) is 2.98. The molecular weight excluding hydrogens is 224 g/mol. The quantitative estimate of drug-likeness (QED) is 0.771. The predicted molar refractivity (Wildman–Crippen MR) is 76.5 cm³/mol. The molecule has 0 heterocycles. The van der Waals surface area contributed by atoms with Gasteiger partial charge in [0, 0.05) is 19.1 Å². The van der Waals surface area contributed by atoms with Gasteiger partial charge in [-0.05, 0) is 24.9 Å². The fourth-order valence-corrected chi connectivity index (χ4v) is 2.17. The number of nitrogens with zero attached hydrogens (tertiary/aromatic N) is 1. The van der Waals surface area contributed by atoms with Crippen LogP contribution in [0.5, 0.6) is 0 Å². The Kier molecular flexibility index (Phi) is 6.33. The molecule has 1 aromatic carbocycles. The summed E-state index contributed by atoms with van der Waals surface area (Å²) in [7, 11) is 2.03. The van der Waals surface area contributed by atoms with Crippen LogP contribution in [0.4, 0.5) is 0 Å². The highest BCUT2D eigenvalue weighted by Crippen LogP contribution is 2.06.